The number of carbonyl (C=O) groups is 1. The molecule has 1 aliphatic heterocycles. The first kappa shape index (κ1) is 21.8. The predicted molar refractivity (Wildman–Crippen MR) is 122 cm³/mol. The molecule has 0 saturated carbocycles. The topological polar surface area (TPSA) is 67.3 Å². The molecule has 0 spiro atoms. The SMILES string of the molecule is Cc1ccc(S(=O)(=O)N2C/C(=C\c3ccncc3)C(=O)/C(=C/c3ccccc3F)C2)cc1. The van der Waals surface area contributed by atoms with Gasteiger partial charge in [0.05, 0.1) is 4.90 Å². The van der Waals surface area contributed by atoms with Crippen LogP contribution >= 0.6 is 0 Å². The molecule has 0 radical (unpaired) electrons. The van der Waals surface area contributed by atoms with Crippen LogP contribution in [0.3, 0.4) is 0 Å². The number of hydrogen-bond donors (Lipinski definition) is 0. The van der Waals surface area contributed by atoms with Crippen molar-refractivity contribution in [3.63, 3.8) is 0 Å². The van der Waals surface area contributed by atoms with Crippen molar-refractivity contribution >= 4 is 28.0 Å². The molecule has 0 atom stereocenters. The third kappa shape index (κ3) is 4.59. The highest BCUT2D eigenvalue weighted by molar-refractivity contribution is 7.89. The van der Waals surface area contributed by atoms with Crippen LogP contribution in [-0.4, -0.2) is 36.6 Å². The van der Waals surface area contributed by atoms with Crippen LogP contribution in [0.25, 0.3) is 12.2 Å². The molecule has 1 aliphatic rings. The van der Waals surface area contributed by atoms with E-state index in [1.54, 1.807) is 73.1 Å². The van der Waals surface area contributed by atoms with E-state index in [1.165, 1.54) is 16.4 Å². The predicted octanol–water partition coefficient (Wildman–Crippen LogP) is 4.27. The maximum absolute atomic E-state index is 14.2. The molecule has 0 amide bonds. The number of Topliss-reactive ketones (excluding diaryl/α,β-unsaturated/α-hetero) is 1. The van der Waals surface area contributed by atoms with Gasteiger partial charge in [0.25, 0.3) is 0 Å². The Morgan fingerprint density at radius 3 is 2.19 bits per heavy atom. The summed E-state index contributed by atoms with van der Waals surface area (Å²) < 4.78 is 42.2. The van der Waals surface area contributed by atoms with Crippen LogP contribution in [0, 0.1) is 12.7 Å². The molecule has 3 aromatic rings. The van der Waals surface area contributed by atoms with E-state index in [2.05, 4.69) is 4.98 Å². The zero-order chi connectivity index (χ0) is 22.7. The highest BCUT2D eigenvalue weighted by Crippen LogP contribution is 2.27. The van der Waals surface area contributed by atoms with Crippen molar-refractivity contribution in [2.45, 2.75) is 11.8 Å². The van der Waals surface area contributed by atoms with Gasteiger partial charge in [-0.1, -0.05) is 35.9 Å². The number of aryl methyl sites for hydroxylation is 1. The molecule has 0 N–H and O–H groups in total. The Morgan fingerprint density at radius 2 is 1.53 bits per heavy atom. The minimum absolute atomic E-state index is 0.0774. The van der Waals surface area contributed by atoms with Crippen LogP contribution in [0.15, 0.2) is 89.1 Å². The molecule has 162 valence electrons. The Balaban J connectivity index is 1.79. The van der Waals surface area contributed by atoms with Gasteiger partial charge in [-0.15, -0.1) is 0 Å². The maximum Gasteiger partial charge on any atom is 0.243 e. The second-order valence-electron chi connectivity index (χ2n) is 7.56. The van der Waals surface area contributed by atoms with Crippen molar-refractivity contribution in [1.82, 2.24) is 9.29 Å². The first-order valence-electron chi connectivity index (χ1n) is 10.0. The summed E-state index contributed by atoms with van der Waals surface area (Å²) >= 11 is 0. The van der Waals surface area contributed by atoms with Gasteiger partial charge in [-0.3, -0.25) is 9.78 Å². The minimum Gasteiger partial charge on any atom is -0.289 e. The zero-order valence-corrected chi connectivity index (χ0v) is 18.2. The lowest BCUT2D eigenvalue weighted by Crippen LogP contribution is -2.41. The van der Waals surface area contributed by atoms with Gasteiger partial charge < -0.3 is 0 Å². The minimum atomic E-state index is -3.87. The van der Waals surface area contributed by atoms with E-state index in [0.717, 1.165) is 11.1 Å². The zero-order valence-electron chi connectivity index (χ0n) is 17.4. The van der Waals surface area contributed by atoms with Crippen LogP contribution in [0.1, 0.15) is 16.7 Å². The average Bonchev–Trinajstić information content (AvgIpc) is 2.79. The summed E-state index contributed by atoms with van der Waals surface area (Å²) in [6, 6.07) is 16.1. The first-order chi connectivity index (χ1) is 15.3. The van der Waals surface area contributed by atoms with Crippen LogP contribution < -0.4 is 0 Å². The third-order valence-electron chi connectivity index (χ3n) is 5.22. The lowest BCUT2D eigenvalue weighted by atomic mass is 9.95. The van der Waals surface area contributed by atoms with E-state index >= 15 is 0 Å². The van der Waals surface area contributed by atoms with E-state index < -0.39 is 15.8 Å². The lowest BCUT2D eigenvalue weighted by Gasteiger charge is -2.29. The van der Waals surface area contributed by atoms with Crippen molar-refractivity contribution in [3.8, 4) is 0 Å². The van der Waals surface area contributed by atoms with Gasteiger partial charge in [-0.05, 0) is 55.0 Å². The summed E-state index contributed by atoms with van der Waals surface area (Å²) in [6.07, 6.45) is 6.26. The molecule has 2 aromatic carbocycles. The molecule has 2 heterocycles. The summed E-state index contributed by atoms with van der Waals surface area (Å²) in [5.74, 6) is -0.786. The highest BCUT2D eigenvalue weighted by atomic mass is 32.2. The largest absolute Gasteiger partial charge is 0.289 e. The third-order valence-corrected chi connectivity index (χ3v) is 7.02. The molecule has 0 aliphatic carbocycles. The molecule has 1 saturated heterocycles. The summed E-state index contributed by atoms with van der Waals surface area (Å²) in [4.78, 5) is 17.3. The molecular weight excluding hydrogens is 427 g/mol. The molecule has 5 nitrogen and oxygen atoms in total. The van der Waals surface area contributed by atoms with E-state index in [4.69, 9.17) is 0 Å². The smallest absolute Gasteiger partial charge is 0.243 e. The van der Waals surface area contributed by atoms with Gasteiger partial charge in [0.1, 0.15) is 5.82 Å². The van der Waals surface area contributed by atoms with Gasteiger partial charge in [0.15, 0.2) is 5.78 Å². The number of piperidine rings is 1. The number of nitrogens with zero attached hydrogens (tertiary/aromatic N) is 2. The van der Waals surface area contributed by atoms with E-state index in [1.807, 2.05) is 6.92 Å². The van der Waals surface area contributed by atoms with Gasteiger partial charge >= 0.3 is 0 Å². The Morgan fingerprint density at radius 1 is 0.906 bits per heavy atom. The lowest BCUT2D eigenvalue weighted by molar-refractivity contribution is -0.113. The molecule has 1 aromatic heterocycles. The van der Waals surface area contributed by atoms with Crippen molar-refractivity contribution in [1.29, 1.82) is 0 Å². The monoisotopic (exact) mass is 448 g/mol. The van der Waals surface area contributed by atoms with Crippen LogP contribution in [-0.2, 0) is 14.8 Å². The van der Waals surface area contributed by atoms with Crippen LogP contribution in [0.2, 0.25) is 0 Å². The van der Waals surface area contributed by atoms with Crippen LogP contribution in [0.5, 0.6) is 0 Å². The number of pyridine rings is 1. The maximum atomic E-state index is 14.2. The van der Waals surface area contributed by atoms with Crippen LogP contribution in [0.4, 0.5) is 4.39 Å². The number of hydrogen-bond acceptors (Lipinski definition) is 4. The Bertz CT molecular complexity index is 1310. The number of ketones is 1. The second-order valence-corrected chi connectivity index (χ2v) is 9.49. The summed E-state index contributed by atoms with van der Waals surface area (Å²) in [7, 11) is -3.87. The standard InChI is InChI=1S/C25H21FN2O3S/c1-18-6-8-23(9-7-18)32(30,31)28-16-21(14-19-10-12-27-13-11-19)25(29)22(17-28)15-20-4-2-3-5-24(20)26/h2-15H,16-17H2,1H3/b21-14+,22-15+. The molecule has 4 rings (SSSR count). The van der Waals surface area contributed by atoms with Crippen molar-refractivity contribution < 1.29 is 17.6 Å². The molecule has 7 heteroatoms. The first-order valence-corrected chi connectivity index (χ1v) is 11.5. The molecule has 32 heavy (non-hydrogen) atoms. The fourth-order valence-electron chi connectivity index (χ4n) is 3.48. The molecule has 0 bridgehead atoms. The average molecular weight is 449 g/mol. The fraction of sp³-hybridized carbons (Fsp3) is 0.120. The number of aromatic nitrogens is 1. The second kappa shape index (κ2) is 8.98. The quantitative estimate of drug-likeness (QED) is 0.559. The molecule has 1 fully saturated rings. The van der Waals surface area contributed by atoms with Crippen molar-refractivity contribution in [3.05, 3.63) is 107 Å². The van der Waals surface area contributed by atoms with Gasteiger partial charge in [-0.25, -0.2) is 12.8 Å². The summed E-state index contributed by atoms with van der Waals surface area (Å²) in [5.41, 5.74) is 2.41. The van der Waals surface area contributed by atoms with Gasteiger partial charge in [0, 0.05) is 42.2 Å². The molecule has 0 unspecified atom stereocenters. The summed E-state index contributed by atoms with van der Waals surface area (Å²) in [6.45, 7) is 1.66. The summed E-state index contributed by atoms with van der Waals surface area (Å²) in [5, 5.41) is 0. The van der Waals surface area contributed by atoms with Gasteiger partial charge in [0.2, 0.25) is 10.0 Å². The normalized spacial score (nSPS) is 17.8. The van der Waals surface area contributed by atoms with E-state index in [-0.39, 0.29) is 34.9 Å². The number of rotatable bonds is 4. The Labute approximate surface area is 186 Å². The fourth-order valence-corrected chi connectivity index (χ4v) is 4.87. The van der Waals surface area contributed by atoms with Crippen molar-refractivity contribution in [2.75, 3.05) is 13.1 Å². The van der Waals surface area contributed by atoms with E-state index in [9.17, 15) is 17.6 Å². The Kier molecular flexibility index (Phi) is 6.12. The number of benzene rings is 2. The highest BCUT2D eigenvalue weighted by Gasteiger charge is 2.34. The number of halogens is 1. The van der Waals surface area contributed by atoms with Gasteiger partial charge in [-0.2, -0.15) is 4.31 Å². The molecular formula is C25H21FN2O3S. The Hall–Kier alpha value is -3.42. The number of carbonyl (C=O) groups excluding carboxylic acids is 1. The van der Waals surface area contributed by atoms with Crippen molar-refractivity contribution in [2.24, 2.45) is 0 Å². The van der Waals surface area contributed by atoms with E-state index in [0.29, 0.717) is 5.57 Å². The number of sulfonamides is 1.